The Bertz CT molecular complexity index is 2480. The van der Waals surface area contributed by atoms with Crippen molar-refractivity contribution in [2.75, 3.05) is 4.90 Å². The van der Waals surface area contributed by atoms with Gasteiger partial charge in [0.25, 0.3) is 0 Å². The molecule has 9 rings (SSSR count). The van der Waals surface area contributed by atoms with E-state index in [4.69, 9.17) is 0 Å². The number of anilines is 3. The summed E-state index contributed by atoms with van der Waals surface area (Å²) in [7, 11) is 0. The molecule has 0 spiro atoms. The highest BCUT2D eigenvalue weighted by Gasteiger charge is 2.36. The fraction of sp³-hybridized carbons (Fsp3) is 0.0612. The van der Waals surface area contributed by atoms with Crippen molar-refractivity contribution in [3.05, 3.63) is 199 Å². The fourth-order valence-electron chi connectivity index (χ4n) is 7.99. The van der Waals surface area contributed by atoms with E-state index in [-0.39, 0.29) is 5.41 Å². The van der Waals surface area contributed by atoms with Gasteiger partial charge in [0.1, 0.15) is 0 Å². The molecular formula is C49H37N. The van der Waals surface area contributed by atoms with Gasteiger partial charge in [0, 0.05) is 22.2 Å². The zero-order valence-corrected chi connectivity index (χ0v) is 28.3. The maximum Gasteiger partial charge on any atom is 0.0546 e. The van der Waals surface area contributed by atoms with Crippen LogP contribution in [0.2, 0.25) is 0 Å². The highest BCUT2D eigenvalue weighted by molar-refractivity contribution is 6.11. The average Bonchev–Trinajstić information content (AvgIpc) is 3.41. The molecule has 0 atom stereocenters. The smallest absolute Gasteiger partial charge is 0.0546 e. The third kappa shape index (κ3) is 4.94. The van der Waals surface area contributed by atoms with Gasteiger partial charge in [-0.15, -0.1) is 0 Å². The number of rotatable bonds is 6. The summed E-state index contributed by atoms with van der Waals surface area (Å²) in [6.07, 6.45) is 0. The first kappa shape index (κ1) is 29.9. The van der Waals surface area contributed by atoms with Crippen LogP contribution in [0.3, 0.4) is 0 Å². The van der Waals surface area contributed by atoms with Gasteiger partial charge in [-0.2, -0.15) is 0 Å². The molecule has 0 saturated carbocycles. The van der Waals surface area contributed by atoms with Gasteiger partial charge in [0.05, 0.1) is 5.69 Å². The van der Waals surface area contributed by atoms with E-state index in [2.05, 4.69) is 207 Å². The van der Waals surface area contributed by atoms with Crippen molar-refractivity contribution in [2.45, 2.75) is 19.3 Å². The molecule has 0 radical (unpaired) electrons. The minimum Gasteiger partial charge on any atom is -0.310 e. The largest absolute Gasteiger partial charge is 0.310 e. The number of nitrogens with zero attached hydrogens (tertiary/aromatic N) is 1. The molecule has 8 aromatic carbocycles. The van der Waals surface area contributed by atoms with E-state index in [0.717, 1.165) is 17.1 Å². The van der Waals surface area contributed by atoms with Crippen LogP contribution in [-0.2, 0) is 5.41 Å². The quantitative estimate of drug-likeness (QED) is 0.175. The second kappa shape index (κ2) is 12.1. The number of hydrogen-bond acceptors (Lipinski definition) is 1. The molecule has 0 saturated heterocycles. The monoisotopic (exact) mass is 639 g/mol. The molecule has 0 bridgehead atoms. The Morgan fingerprint density at radius 2 is 0.880 bits per heavy atom. The predicted octanol–water partition coefficient (Wildman–Crippen LogP) is 13.6. The number of fused-ring (bicyclic) bond motifs is 4. The second-order valence-corrected chi connectivity index (χ2v) is 13.7. The molecule has 0 amide bonds. The lowest BCUT2D eigenvalue weighted by atomic mass is 9.82. The van der Waals surface area contributed by atoms with Gasteiger partial charge in [-0.1, -0.05) is 172 Å². The molecule has 0 N–H and O–H groups in total. The minimum atomic E-state index is -0.112. The lowest BCUT2D eigenvalue weighted by Gasteiger charge is -2.30. The van der Waals surface area contributed by atoms with Gasteiger partial charge >= 0.3 is 0 Å². The summed E-state index contributed by atoms with van der Waals surface area (Å²) >= 11 is 0. The van der Waals surface area contributed by atoms with Gasteiger partial charge < -0.3 is 4.90 Å². The van der Waals surface area contributed by atoms with E-state index >= 15 is 0 Å². The van der Waals surface area contributed by atoms with Crippen LogP contribution in [0.15, 0.2) is 188 Å². The summed E-state index contributed by atoms with van der Waals surface area (Å²) in [6.45, 7) is 4.72. The van der Waals surface area contributed by atoms with Crippen LogP contribution >= 0.6 is 0 Å². The maximum atomic E-state index is 2.47. The molecule has 1 aliphatic carbocycles. The Kier molecular flexibility index (Phi) is 7.21. The molecule has 0 fully saturated rings. The van der Waals surface area contributed by atoms with Gasteiger partial charge in [-0.25, -0.2) is 0 Å². The van der Waals surface area contributed by atoms with Crippen molar-refractivity contribution >= 4 is 27.8 Å². The van der Waals surface area contributed by atoms with Crippen LogP contribution < -0.4 is 4.90 Å². The maximum absolute atomic E-state index is 2.47. The molecule has 1 aliphatic rings. The van der Waals surface area contributed by atoms with E-state index in [9.17, 15) is 0 Å². The molecule has 0 heterocycles. The van der Waals surface area contributed by atoms with E-state index in [1.54, 1.807) is 0 Å². The molecule has 0 aromatic heterocycles. The SMILES string of the molecule is CC1(C)c2ccccc2-c2ccc(N(c3ccc(-c4ccccc4)cc3)c3cc(-c4ccccc4)c(-c4ccccc4)c4ccccc34)cc21. The van der Waals surface area contributed by atoms with Crippen molar-refractivity contribution < 1.29 is 0 Å². The Morgan fingerprint density at radius 1 is 0.360 bits per heavy atom. The highest BCUT2D eigenvalue weighted by Crippen LogP contribution is 2.52. The standard InChI is InChI=1S/C49H37N/c1-49(2)45-25-15-14-22-40(45)41-31-30-39(32-46(41)49)50(38-28-26-35(27-29-38)34-16-6-3-7-17-34)47-33-44(36-18-8-4-9-19-36)48(37-20-10-5-11-21-37)43-24-13-12-23-42(43)47/h3-33H,1-2H3. The minimum absolute atomic E-state index is 0.112. The molecular weight excluding hydrogens is 603 g/mol. The van der Waals surface area contributed by atoms with E-state index < -0.39 is 0 Å². The summed E-state index contributed by atoms with van der Waals surface area (Å²) in [6, 6.07) is 68.6. The third-order valence-corrected chi connectivity index (χ3v) is 10.5. The van der Waals surface area contributed by atoms with Gasteiger partial charge in [0.2, 0.25) is 0 Å². The molecule has 0 aliphatic heterocycles. The fourth-order valence-corrected chi connectivity index (χ4v) is 7.99. The van der Waals surface area contributed by atoms with Crippen molar-refractivity contribution in [2.24, 2.45) is 0 Å². The summed E-state index contributed by atoms with van der Waals surface area (Å²) in [5.41, 5.74) is 16.0. The lowest BCUT2D eigenvalue weighted by molar-refractivity contribution is 0.660. The molecule has 8 aromatic rings. The third-order valence-electron chi connectivity index (χ3n) is 10.5. The van der Waals surface area contributed by atoms with Crippen molar-refractivity contribution in [3.63, 3.8) is 0 Å². The van der Waals surface area contributed by atoms with E-state index in [1.807, 2.05) is 0 Å². The topological polar surface area (TPSA) is 3.24 Å². The zero-order chi connectivity index (χ0) is 33.7. The Labute approximate surface area is 294 Å². The summed E-state index contributed by atoms with van der Waals surface area (Å²) < 4.78 is 0. The van der Waals surface area contributed by atoms with Crippen LogP contribution in [0, 0.1) is 0 Å². The Hall–Kier alpha value is -6.18. The molecule has 50 heavy (non-hydrogen) atoms. The first-order valence-corrected chi connectivity index (χ1v) is 17.4. The molecule has 1 heteroatoms. The Balaban J connectivity index is 1.32. The number of hydrogen-bond donors (Lipinski definition) is 0. The normalized spacial score (nSPS) is 12.8. The Morgan fingerprint density at radius 3 is 1.58 bits per heavy atom. The van der Waals surface area contributed by atoms with Crippen molar-refractivity contribution in [1.29, 1.82) is 0 Å². The first-order chi connectivity index (χ1) is 24.6. The van der Waals surface area contributed by atoms with Crippen LogP contribution in [0.5, 0.6) is 0 Å². The highest BCUT2D eigenvalue weighted by atomic mass is 15.1. The van der Waals surface area contributed by atoms with Crippen LogP contribution in [0.1, 0.15) is 25.0 Å². The molecule has 1 nitrogen and oxygen atoms in total. The molecule has 238 valence electrons. The number of benzene rings is 8. The van der Waals surface area contributed by atoms with Crippen LogP contribution in [-0.4, -0.2) is 0 Å². The lowest BCUT2D eigenvalue weighted by Crippen LogP contribution is -2.16. The van der Waals surface area contributed by atoms with Crippen LogP contribution in [0.4, 0.5) is 17.1 Å². The summed E-state index contributed by atoms with van der Waals surface area (Å²) in [4.78, 5) is 2.47. The molecule has 0 unspecified atom stereocenters. The predicted molar refractivity (Wildman–Crippen MR) is 213 cm³/mol. The summed E-state index contributed by atoms with van der Waals surface area (Å²) in [5, 5.41) is 2.44. The first-order valence-electron chi connectivity index (χ1n) is 17.4. The van der Waals surface area contributed by atoms with Crippen molar-refractivity contribution in [1.82, 2.24) is 0 Å². The van der Waals surface area contributed by atoms with Crippen LogP contribution in [0.25, 0.3) is 55.3 Å². The van der Waals surface area contributed by atoms with E-state index in [1.165, 1.54) is 66.4 Å². The van der Waals surface area contributed by atoms with Crippen molar-refractivity contribution in [3.8, 4) is 44.5 Å². The second-order valence-electron chi connectivity index (χ2n) is 13.7. The van der Waals surface area contributed by atoms with Gasteiger partial charge in [0.15, 0.2) is 0 Å². The van der Waals surface area contributed by atoms with Gasteiger partial charge in [-0.3, -0.25) is 0 Å². The van der Waals surface area contributed by atoms with Gasteiger partial charge in [-0.05, 0) is 91.4 Å². The van der Waals surface area contributed by atoms with E-state index in [0.29, 0.717) is 0 Å². The summed E-state index contributed by atoms with van der Waals surface area (Å²) in [5.74, 6) is 0. The average molecular weight is 640 g/mol. The zero-order valence-electron chi connectivity index (χ0n) is 28.3.